The van der Waals surface area contributed by atoms with Crippen molar-refractivity contribution in [3.63, 3.8) is 0 Å². The molecule has 1 heterocycles. The van der Waals surface area contributed by atoms with Gasteiger partial charge >= 0.3 is 0 Å². The van der Waals surface area contributed by atoms with Crippen molar-refractivity contribution in [2.45, 2.75) is 6.54 Å². The Bertz CT molecular complexity index is 375. The van der Waals surface area contributed by atoms with Crippen molar-refractivity contribution in [1.82, 2.24) is 10.3 Å². The van der Waals surface area contributed by atoms with Crippen LogP contribution in [-0.2, 0) is 6.54 Å². The smallest absolute Gasteiger partial charge is 0.189 e. The Morgan fingerprint density at radius 3 is 2.94 bits per heavy atom. The van der Waals surface area contributed by atoms with Crippen LogP contribution >= 0.6 is 35.3 Å². The van der Waals surface area contributed by atoms with E-state index < -0.39 is 0 Å². The van der Waals surface area contributed by atoms with E-state index in [0.717, 1.165) is 10.8 Å². The van der Waals surface area contributed by atoms with Gasteiger partial charge in [-0.15, -0.1) is 41.9 Å². The maximum Gasteiger partial charge on any atom is 0.189 e. The lowest BCUT2D eigenvalue weighted by molar-refractivity contribution is 0.944. The largest absolute Gasteiger partial charge is 0.370 e. The number of guanidine groups is 1. The number of aromatic nitrogens is 1. The lowest BCUT2D eigenvalue weighted by Gasteiger charge is -2.05. The van der Waals surface area contributed by atoms with Crippen LogP contribution in [0.5, 0.6) is 0 Å². The molecule has 0 spiro atoms. The third-order valence-corrected chi connectivity index (χ3v) is 2.82. The first-order valence-electron chi connectivity index (χ1n) is 4.90. The molecule has 1 aromatic rings. The molecule has 0 bridgehead atoms. The lowest BCUT2D eigenvalue weighted by atomic mass is 10.5. The van der Waals surface area contributed by atoms with E-state index in [2.05, 4.69) is 21.9 Å². The fourth-order valence-electron chi connectivity index (χ4n) is 0.973. The summed E-state index contributed by atoms with van der Waals surface area (Å²) in [7, 11) is 3.93. The third kappa shape index (κ3) is 5.87. The van der Waals surface area contributed by atoms with Crippen LogP contribution in [0.2, 0.25) is 0 Å². The highest BCUT2D eigenvalue weighted by Gasteiger charge is 2.02. The predicted octanol–water partition coefficient (Wildman–Crippen LogP) is 1.42. The Balaban J connectivity index is 0.00000256. The average molecular weight is 367 g/mol. The lowest BCUT2D eigenvalue weighted by Crippen LogP contribution is -2.31. The number of thiazole rings is 1. The van der Waals surface area contributed by atoms with Crippen molar-refractivity contribution in [2.75, 3.05) is 25.5 Å². The van der Waals surface area contributed by atoms with Gasteiger partial charge in [-0.05, 0) is 0 Å². The van der Waals surface area contributed by atoms with Crippen LogP contribution in [0.4, 0.5) is 5.13 Å². The second-order valence-corrected chi connectivity index (χ2v) is 4.22. The Labute approximate surface area is 123 Å². The zero-order valence-electron chi connectivity index (χ0n) is 10.0. The fraction of sp³-hybridized carbons (Fsp3) is 0.400. The monoisotopic (exact) mass is 367 g/mol. The average Bonchev–Trinajstić information content (AvgIpc) is 2.72. The van der Waals surface area contributed by atoms with Crippen LogP contribution in [0.25, 0.3) is 0 Å². The van der Waals surface area contributed by atoms with Crippen molar-refractivity contribution in [2.24, 2.45) is 10.7 Å². The summed E-state index contributed by atoms with van der Waals surface area (Å²) in [5.74, 6) is 0.416. The number of nitrogens with two attached hydrogens (primary N) is 1. The van der Waals surface area contributed by atoms with Crippen LogP contribution in [-0.4, -0.2) is 31.6 Å². The molecule has 0 radical (unpaired) electrons. The number of anilines is 1. The molecule has 0 saturated carbocycles. The zero-order valence-corrected chi connectivity index (χ0v) is 13.2. The minimum atomic E-state index is 0. The molecule has 1 aromatic heterocycles. The molecule has 0 aliphatic heterocycles. The first-order valence-corrected chi connectivity index (χ1v) is 5.78. The molecule has 5 nitrogen and oxygen atoms in total. The number of rotatable bonds is 5. The summed E-state index contributed by atoms with van der Waals surface area (Å²) in [4.78, 5) is 10.5. The van der Waals surface area contributed by atoms with Crippen LogP contribution in [0, 0.1) is 0 Å². The summed E-state index contributed by atoms with van der Waals surface area (Å²) in [6.45, 7) is 4.71. The molecule has 0 amide bonds. The second kappa shape index (κ2) is 8.29. The highest BCUT2D eigenvalue weighted by Crippen LogP contribution is 2.18. The number of hydrogen-bond donors (Lipinski definition) is 2. The Kier molecular flexibility index (Phi) is 7.88. The highest BCUT2D eigenvalue weighted by atomic mass is 127. The molecular weight excluding hydrogens is 349 g/mol. The molecule has 7 heteroatoms. The molecule has 3 N–H and O–H groups in total. The van der Waals surface area contributed by atoms with E-state index in [0.29, 0.717) is 19.0 Å². The van der Waals surface area contributed by atoms with E-state index in [1.807, 2.05) is 24.4 Å². The number of hydrogen-bond acceptors (Lipinski definition) is 4. The molecule has 0 aromatic carbocycles. The van der Waals surface area contributed by atoms with Gasteiger partial charge in [-0.3, -0.25) is 0 Å². The first kappa shape index (κ1) is 16.2. The van der Waals surface area contributed by atoms with Gasteiger partial charge in [0.25, 0.3) is 0 Å². The number of aliphatic imine (C=N–C) groups is 1. The second-order valence-electron chi connectivity index (χ2n) is 3.39. The Hall–Kier alpha value is -0.830. The van der Waals surface area contributed by atoms with E-state index in [9.17, 15) is 0 Å². The van der Waals surface area contributed by atoms with E-state index >= 15 is 0 Å². The normalized spacial score (nSPS) is 10.6. The van der Waals surface area contributed by atoms with Gasteiger partial charge in [0.05, 0.1) is 12.2 Å². The molecule has 0 atom stereocenters. The maximum absolute atomic E-state index is 5.63. The fourth-order valence-corrected chi connectivity index (χ4v) is 1.72. The van der Waals surface area contributed by atoms with Crippen LogP contribution < -0.4 is 16.0 Å². The number of nitrogens with one attached hydrogen (secondary N) is 1. The SMILES string of the molecule is C=CCNC(N)=NCc1csc(N(C)C)n1.I. The van der Waals surface area contributed by atoms with Gasteiger partial charge in [0.1, 0.15) is 0 Å². The minimum absolute atomic E-state index is 0. The Morgan fingerprint density at radius 1 is 1.71 bits per heavy atom. The topological polar surface area (TPSA) is 66.5 Å². The van der Waals surface area contributed by atoms with Crippen molar-refractivity contribution >= 4 is 46.4 Å². The van der Waals surface area contributed by atoms with Crippen molar-refractivity contribution in [3.05, 3.63) is 23.7 Å². The maximum atomic E-state index is 5.63. The molecule has 0 unspecified atom stereocenters. The molecule has 1 rings (SSSR count). The van der Waals surface area contributed by atoms with Gasteiger partial charge in [0, 0.05) is 26.0 Å². The van der Waals surface area contributed by atoms with Gasteiger partial charge in [-0.25, -0.2) is 9.98 Å². The molecule has 96 valence electrons. The highest BCUT2D eigenvalue weighted by molar-refractivity contribution is 14.0. The van der Waals surface area contributed by atoms with E-state index in [1.165, 1.54) is 0 Å². The van der Waals surface area contributed by atoms with Gasteiger partial charge in [-0.2, -0.15) is 0 Å². The zero-order chi connectivity index (χ0) is 12.0. The summed E-state index contributed by atoms with van der Waals surface area (Å²) in [5.41, 5.74) is 6.56. The van der Waals surface area contributed by atoms with Gasteiger partial charge in [0.15, 0.2) is 11.1 Å². The van der Waals surface area contributed by atoms with E-state index in [1.54, 1.807) is 17.4 Å². The van der Waals surface area contributed by atoms with Crippen molar-refractivity contribution in [1.29, 1.82) is 0 Å². The van der Waals surface area contributed by atoms with E-state index in [-0.39, 0.29) is 24.0 Å². The molecule has 17 heavy (non-hydrogen) atoms. The molecule has 0 aliphatic rings. The van der Waals surface area contributed by atoms with Crippen molar-refractivity contribution < 1.29 is 0 Å². The quantitative estimate of drug-likeness (QED) is 0.358. The first-order chi connectivity index (χ1) is 7.63. The molecule has 0 fully saturated rings. The third-order valence-electron chi connectivity index (χ3n) is 1.76. The summed E-state index contributed by atoms with van der Waals surface area (Å²) in [5, 5.41) is 5.87. The molecule has 0 aliphatic carbocycles. The molecule has 0 saturated heterocycles. The Morgan fingerprint density at radius 2 is 2.41 bits per heavy atom. The molecular formula is C10H18IN5S. The standard InChI is InChI=1S/C10H17N5S.HI/c1-4-5-12-9(11)13-6-8-7-16-10(14-8)15(2)3;/h4,7H,1,5-6H2,2-3H3,(H3,11,12,13);1H. The van der Waals surface area contributed by atoms with E-state index in [4.69, 9.17) is 5.73 Å². The number of nitrogens with zero attached hydrogens (tertiary/aromatic N) is 3. The summed E-state index contributed by atoms with van der Waals surface area (Å²) < 4.78 is 0. The van der Waals surface area contributed by atoms with Gasteiger partial charge < -0.3 is 16.0 Å². The summed E-state index contributed by atoms with van der Waals surface area (Å²) in [6.07, 6.45) is 1.73. The minimum Gasteiger partial charge on any atom is -0.370 e. The predicted molar refractivity (Wildman–Crippen MR) is 85.4 cm³/mol. The van der Waals surface area contributed by atoms with Crippen LogP contribution in [0.1, 0.15) is 5.69 Å². The van der Waals surface area contributed by atoms with Crippen LogP contribution in [0.15, 0.2) is 23.0 Å². The van der Waals surface area contributed by atoms with Gasteiger partial charge in [0.2, 0.25) is 0 Å². The van der Waals surface area contributed by atoms with Gasteiger partial charge in [-0.1, -0.05) is 6.08 Å². The van der Waals surface area contributed by atoms with Crippen LogP contribution in [0.3, 0.4) is 0 Å². The summed E-state index contributed by atoms with van der Waals surface area (Å²) in [6, 6.07) is 0. The van der Waals surface area contributed by atoms with Crippen molar-refractivity contribution in [3.8, 4) is 0 Å². The number of halogens is 1. The summed E-state index contributed by atoms with van der Waals surface area (Å²) >= 11 is 1.60.